The molecule has 8 nitrogen and oxygen atoms in total. The van der Waals surface area contributed by atoms with Crippen LogP contribution in [0.15, 0.2) is 23.8 Å². The molecule has 29 heavy (non-hydrogen) atoms. The van der Waals surface area contributed by atoms with Gasteiger partial charge in [-0.25, -0.2) is 0 Å². The van der Waals surface area contributed by atoms with E-state index in [0.717, 1.165) is 0 Å². The maximum Gasteiger partial charge on any atom is 0.260 e. The molecule has 2 rings (SSSR count). The molecule has 0 spiro atoms. The van der Waals surface area contributed by atoms with Crippen LogP contribution in [0.25, 0.3) is 5.41 Å². The Hall–Kier alpha value is -3.14. The molecule has 8 heteroatoms. The van der Waals surface area contributed by atoms with Gasteiger partial charge < -0.3 is 19.8 Å². The van der Waals surface area contributed by atoms with Gasteiger partial charge in [-0.1, -0.05) is 6.07 Å². The van der Waals surface area contributed by atoms with Crippen molar-refractivity contribution < 1.29 is 24.0 Å². The molecule has 0 saturated carbocycles. The van der Waals surface area contributed by atoms with E-state index in [1.54, 1.807) is 29.0 Å². The zero-order valence-electron chi connectivity index (χ0n) is 17.5. The minimum atomic E-state index is -1.16. The number of carbonyl (C=O) groups excluding carboxylic acids is 2. The Morgan fingerprint density at radius 2 is 1.69 bits per heavy atom. The highest BCUT2D eigenvalue weighted by molar-refractivity contribution is 6.14. The number of rotatable bonds is 6. The SMILES string of the molecule is CC[NH+](CC)CC.COc1ccc(C2C(=C=[N-])C(=O)NC(=O)C2C#N)cc1OC. The minimum absolute atomic E-state index is 0.182. The van der Waals surface area contributed by atoms with Crippen molar-refractivity contribution in [1.82, 2.24) is 5.32 Å². The van der Waals surface area contributed by atoms with Gasteiger partial charge in [-0.15, -0.1) is 0 Å². The number of piperidine rings is 1. The topological polar surface area (TPSA) is 115 Å². The minimum Gasteiger partial charge on any atom is -0.763 e. The number of amides is 2. The summed E-state index contributed by atoms with van der Waals surface area (Å²) in [6, 6.07) is 6.59. The van der Waals surface area contributed by atoms with E-state index >= 15 is 0 Å². The number of carbonyl (C=O) groups is 2. The van der Waals surface area contributed by atoms with Crippen LogP contribution >= 0.6 is 0 Å². The van der Waals surface area contributed by atoms with Crippen LogP contribution in [0.1, 0.15) is 32.3 Å². The Kier molecular flexibility index (Phi) is 9.60. The maximum atomic E-state index is 11.8. The van der Waals surface area contributed by atoms with Crippen molar-refractivity contribution in [3.63, 3.8) is 0 Å². The third kappa shape index (κ3) is 5.67. The van der Waals surface area contributed by atoms with Crippen molar-refractivity contribution in [2.75, 3.05) is 33.9 Å². The lowest BCUT2D eigenvalue weighted by atomic mass is 9.78. The van der Waals surface area contributed by atoms with Gasteiger partial charge in [0, 0.05) is 11.5 Å². The summed E-state index contributed by atoms with van der Waals surface area (Å²) in [5.41, 5.74) is 0.280. The molecule has 2 N–H and O–H groups in total. The lowest BCUT2D eigenvalue weighted by Crippen LogP contribution is -3.11. The first-order valence-electron chi connectivity index (χ1n) is 9.49. The van der Waals surface area contributed by atoms with Crippen molar-refractivity contribution in [1.29, 1.82) is 5.26 Å². The molecule has 0 aliphatic carbocycles. The van der Waals surface area contributed by atoms with E-state index in [2.05, 4.69) is 20.8 Å². The fraction of sp³-hybridized carbons (Fsp3) is 0.476. The molecular formula is C21H28N4O4. The molecule has 2 amide bonds. The van der Waals surface area contributed by atoms with E-state index in [0.29, 0.717) is 17.1 Å². The second kappa shape index (κ2) is 11.6. The van der Waals surface area contributed by atoms with Gasteiger partial charge >= 0.3 is 0 Å². The van der Waals surface area contributed by atoms with Crippen molar-refractivity contribution >= 4 is 17.7 Å². The number of nitrogens with one attached hydrogen (secondary N) is 2. The highest BCUT2D eigenvalue weighted by atomic mass is 16.5. The summed E-state index contributed by atoms with van der Waals surface area (Å²) in [4.78, 5) is 25.3. The average Bonchev–Trinajstić information content (AvgIpc) is 2.74. The van der Waals surface area contributed by atoms with Crippen LogP contribution in [-0.2, 0) is 9.59 Å². The van der Waals surface area contributed by atoms with Crippen LogP contribution in [0.5, 0.6) is 11.5 Å². The highest BCUT2D eigenvalue weighted by Crippen LogP contribution is 2.38. The number of hydrogen-bond donors (Lipinski definition) is 2. The van der Waals surface area contributed by atoms with Gasteiger partial charge in [0.25, 0.3) is 5.91 Å². The van der Waals surface area contributed by atoms with E-state index < -0.39 is 23.7 Å². The largest absolute Gasteiger partial charge is 0.763 e. The summed E-state index contributed by atoms with van der Waals surface area (Å²) >= 11 is 0. The molecule has 1 aromatic carbocycles. The number of methoxy groups -OCH3 is 2. The summed E-state index contributed by atoms with van der Waals surface area (Å²) < 4.78 is 10.3. The van der Waals surface area contributed by atoms with E-state index in [-0.39, 0.29) is 5.57 Å². The zero-order chi connectivity index (χ0) is 22.0. The average molecular weight is 400 g/mol. The van der Waals surface area contributed by atoms with Gasteiger partial charge in [-0.2, -0.15) is 5.26 Å². The molecule has 1 fully saturated rings. The first kappa shape index (κ1) is 23.9. The Labute approximate surface area is 171 Å². The molecule has 2 unspecified atom stereocenters. The number of quaternary nitrogens is 1. The quantitative estimate of drug-likeness (QED) is 0.414. The smallest absolute Gasteiger partial charge is 0.260 e. The Bertz CT molecular complexity index is 815. The normalized spacial score (nSPS) is 18.2. The fourth-order valence-electron chi connectivity index (χ4n) is 3.13. The Morgan fingerprint density at radius 3 is 2.10 bits per heavy atom. The van der Waals surface area contributed by atoms with Crippen LogP contribution in [0.2, 0.25) is 0 Å². The monoisotopic (exact) mass is 400 g/mol. The first-order chi connectivity index (χ1) is 13.9. The van der Waals surface area contributed by atoms with Crippen LogP contribution in [-0.4, -0.2) is 51.5 Å². The van der Waals surface area contributed by atoms with Crippen LogP contribution in [0.4, 0.5) is 0 Å². The number of nitriles is 1. The predicted molar refractivity (Wildman–Crippen MR) is 109 cm³/mol. The van der Waals surface area contributed by atoms with Crippen LogP contribution < -0.4 is 19.7 Å². The number of ether oxygens (including phenoxy) is 2. The van der Waals surface area contributed by atoms with Crippen molar-refractivity contribution in [2.24, 2.45) is 5.92 Å². The van der Waals surface area contributed by atoms with Crippen molar-refractivity contribution in [3.05, 3.63) is 34.7 Å². The molecule has 1 saturated heterocycles. The summed E-state index contributed by atoms with van der Waals surface area (Å²) in [5, 5.41) is 20.4. The fourth-order valence-corrected chi connectivity index (χ4v) is 3.13. The highest BCUT2D eigenvalue weighted by Gasteiger charge is 2.40. The van der Waals surface area contributed by atoms with E-state index in [4.69, 9.17) is 9.47 Å². The summed E-state index contributed by atoms with van der Waals surface area (Å²) in [6.45, 7) is 10.5. The van der Waals surface area contributed by atoms with E-state index in [1.165, 1.54) is 33.9 Å². The van der Waals surface area contributed by atoms with E-state index in [9.17, 15) is 20.3 Å². The third-order valence-corrected chi connectivity index (χ3v) is 4.93. The molecule has 156 valence electrons. The van der Waals surface area contributed by atoms with Gasteiger partial charge in [0.2, 0.25) is 5.91 Å². The van der Waals surface area contributed by atoms with Gasteiger partial charge in [-0.3, -0.25) is 20.8 Å². The standard InChI is InChI=1S/C15H12N3O4.C6H15N/c1-21-11-4-3-8(5-12(11)22-2)13-9(6-16)14(19)18-15(20)10(13)7-17;1-4-7(5-2)6-3/h3-5,9,13H,1-2H3,(H,18,19,20);4-6H2,1-3H3/q-1;/p+1. The molecule has 1 aliphatic heterocycles. The Morgan fingerprint density at radius 1 is 1.10 bits per heavy atom. The first-order valence-corrected chi connectivity index (χ1v) is 9.49. The number of hydrogen-bond acceptors (Lipinski definition) is 5. The van der Waals surface area contributed by atoms with Gasteiger partial charge in [0.15, 0.2) is 11.5 Å². The molecule has 2 atom stereocenters. The second-order valence-electron chi connectivity index (χ2n) is 6.35. The number of nitrogens with zero attached hydrogens (tertiary/aromatic N) is 2. The van der Waals surface area contributed by atoms with Gasteiger partial charge in [0.05, 0.1) is 39.9 Å². The summed E-state index contributed by atoms with van der Waals surface area (Å²) in [6.07, 6.45) is 0. The molecule has 0 aromatic heterocycles. The molecule has 1 aliphatic rings. The molecular weight excluding hydrogens is 372 g/mol. The van der Waals surface area contributed by atoms with Crippen LogP contribution in [0.3, 0.4) is 0 Å². The van der Waals surface area contributed by atoms with E-state index in [1.807, 2.05) is 11.4 Å². The molecule has 0 radical (unpaired) electrons. The van der Waals surface area contributed by atoms with Crippen molar-refractivity contribution in [3.8, 4) is 17.6 Å². The van der Waals surface area contributed by atoms with Crippen molar-refractivity contribution in [2.45, 2.75) is 26.7 Å². The maximum absolute atomic E-state index is 11.8. The predicted octanol–water partition coefficient (Wildman–Crippen LogP) is 0.680. The summed E-state index contributed by atoms with van der Waals surface area (Å²) in [7, 11) is 2.91. The van der Waals surface area contributed by atoms with Crippen LogP contribution in [0, 0.1) is 17.2 Å². The van der Waals surface area contributed by atoms with Gasteiger partial charge in [0.1, 0.15) is 5.92 Å². The molecule has 0 bridgehead atoms. The lowest BCUT2D eigenvalue weighted by molar-refractivity contribution is -0.894. The number of benzene rings is 1. The third-order valence-electron chi connectivity index (χ3n) is 4.93. The summed E-state index contributed by atoms with van der Waals surface area (Å²) in [5.74, 6) is -0.964. The number of imide groups is 1. The second-order valence-corrected chi connectivity index (χ2v) is 6.35. The molecule has 1 aromatic rings. The molecule has 1 heterocycles. The zero-order valence-corrected chi connectivity index (χ0v) is 17.5. The lowest BCUT2D eigenvalue weighted by Gasteiger charge is -2.28. The van der Waals surface area contributed by atoms with Gasteiger partial charge in [-0.05, 0) is 38.5 Å². The Balaban J connectivity index is 0.000000516.